The molecule has 122 valence electrons. The number of fused-ring (bicyclic) bond motifs is 2. The Labute approximate surface area is 140 Å². The van der Waals surface area contributed by atoms with E-state index in [2.05, 4.69) is 20.1 Å². The van der Waals surface area contributed by atoms with Gasteiger partial charge in [-0.3, -0.25) is 0 Å². The predicted molar refractivity (Wildman–Crippen MR) is 92.5 cm³/mol. The fourth-order valence-electron chi connectivity index (χ4n) is 3.85. The number of aromatic nitrogens is 4. The minimum absolute atomic E-state index is 0.154. The van der Waals surface area contributed by atoms with Gasteiger partial charge in [-0.05, 0) is 38.2 Å². The van der Waals surface area contributed by atoms with E-state index in [1.165, 1.54) is 30.5 Å². The molecule has 0 aromatic carbocycles. The van der Waals surface area contributed by atoms with Crippen molar-refractivity contribution in [2.75, 3.05) is 37.0 Å². The molecule has 3 heterocycles. The van der Waals surface area contributed by atoms with Gasteiger partial charge in [0.2, 0.25) is 11.1 Å². The lowest BCUT2D eigenvalue weighted by atomic mass is 9.77. The summed E-state index contributed by atoms with van der Waals surface area (Å²) >= 11 is 1.69. The molecule has 6 nitrogen and oxygen atoms in total. The van der Waals surface area contributed by atoms with E-state index in [1.54, 1.807) is 11.3 Å². The maximum Gasteiger partial charge on any atom is 0.225 e. The van der Waals surface area contributed by atoms with Crippen LogP contribution in [0.2, 0.25) is 0 Å². The number of hydrogen-bond donors (Lipinski definition) is 0. The number of piperidine rings is 1. The molecule has 4 rings (SSSR count). The largest absolute Gasteiger partial charge is 0.347 e. The molecule has 1 aliphatic heterocycles. The molecule has 2 aliphatic rings. The zero-order chi connectivity index (χ0) is 16.0. The molecule has 7 heteroatoms. The third-order valence-electron chi connectivity index (χ3n) is 4.99. The molecule has 23 heavy (non-hydrogen) atoms. The number of nitrogens with zero attached hydrogens (tertiary/aromatic N) is 6. The molecule has 1 saturated heterocycles. The van der Waals surface area contributed by atoms with Gasteiger partial charge in [0.05, 0.1) is 5.69 Å². The summed E-state index contributed by atoms with van der Waals surface area (Å²) in [7, 11) is 4.00. The fourth-order valence-corrected chi connectivity index (χ4v) is 4.57. The third kappa shape index (κ3) is 2.47. The average Bonchev–Trinajstić information content (AvgIpc) is 3.12. The Bertz CT molecular complexity index is 723. The van der Waals surface area contributed by atoms with Crippen LogP contribution in [0.4, 0.5) is 11.1 Å². The van der Waals surface area contributed by atoms with Crippen molar-refractivity contribution in [3.8, 4) is 0 Å². The van der Waals surface area contributed by atoms with Crippen LogP contribution in [0.3, 0.4) is 0 Å². The fraction of sp³-hybridized carbons (Fsp3) is 0.625. The molecule has 1 atom stereocenters. The standard InChI is InChI=1S/C16H22N6S/c1-11-19-20-15(23-11)22-8-4-6-16(10-22)7-5-12-9-17-14(21(2)3)18-13(12)16/h9H,4-8,10H2,1-3H3. The molecule has 0 radical (unpaired) electrons. The van der Waals surface area contributed by atoms with Gasteiger partial charge in [-0.25, -0.2) is 9.97 Å². The first kappa shape index (κ1) is 14.8. The van der Waals surface area contributed by atoms with Crippen LogP contribution >= 0.6 is 11.3 Å². The van der Waals surface area contributed by atoms with Gasteiger partial charge in [0, 0.05) is 38.8 Å². The van der Waals surface area contributed by atoms with Gasteiger partial charge in [0.1, 0.15) is 5.01 Å². The highest BCUT2D eigenvalue weighted by Gasteiger charge is 2.44. The quantitative estimate of drug-likeness (QED) is 0.841. The van der Waals surface area contributed by atoms with Crippen LogP contribution in [-0.2, 0) is 11.8 Å². The molecule has 2 aromatic rings. The highest BCUT2D eigenvalue weighted by Crippen LogP contribution is 2.45. The summed E-state index contributed by atoms with van der Waals surface area (Å²) in [6.45, 7) is 4.08. The molecule has 0 amide bonds. The van der Waals surface area contributed by atoms with Crippen LogP contribution in [0.15, 0.2) is 6.20 Å². The summed E-state index contributed by atoms with van der Waals surface area (Å²) in [6, 6.07) is 0. The van der Waals surface area contributed by atoms with Gasteiger partial charge in [0.15, 0.2) is 0 Å². The Morgan fingerprint density at radius 2 is 2.13 bits per heavy atom. The first-order valence-corrected chi connectivity index (χ1v) is 8.98. The van der Waals surface area contributed by atoms with Gasteiger partial charge in [-0.1, -0.05) is 11.3 Å². The molecule has 1 spiro atoms. The monoisotopic (exact) mass is 330 g/mol. The Kier molecular flexibility index (Phi) is 3.48. The topological polar surface area (TPSA) is 58.0 Å². The van der Waals surface area contributed by atoms with Gasteiger partial charge < -0.3 is 9.80 Å². The maximum absolute atomic E-state index is 4.92. The second-order valence-electron chi connectivity index (χ2n) is 6.85. The van der Waals surface area contributed by atoms with E-state index in [0.717, 1.165) is 35.6 Å². The molecule has 1 unspecified atom stereocenters. The summed E-state index contributed by atoms with van der Waals surface area (Å²) < 4.78 is 0. The lowest BCUT2D eigenvalue weighted by Crippen LogP contribution is -2.45. The van der Waals surface area contributed by atoms with Crippen LogP contribution < -0.4 is 9.80 Å². The highest BCUT2D eigenvalue weighted by molar-refractivity contribution is 7.15. The SMILES string of the molecule is Cc1nnc(N2CCCC3(CCc4cnc(N(C)C)nc43)C2)s1. The second kappa shape index (κ2) is 5.40. The number of rotatable bonds is 2. The van der Waals surface area contributed by atoms with Gasteiger partial charge in [-0.2, -0.15) is 0 Å². The molecule has 0 saturated carbocycles. The van der Waals surface area contributed by atoms with E-state index >= 15 is 0 Å². The van der Waals surface area contributed by atoms with Crippen molar-refractivity contribution >= 4 is 22.4 Å². The Hall–Kier alpha value is -1.76. The molecule has 0 N–H and O–H groups in total. The summed E-state index contributed by atoms with van der Waals surface area (Å²) in [4.78, 5) is 13.8. The normalized spacial score (nSPS) is 23.3. The van der Waals surface area contributed by atoms with Crippen LogP contribution in [0.1, 0.15) is 35.5 Å². The Morgan fingerprint density at radius 1 is 1.26 bits per heavy atom. The predicted octanol–water partition coefficient (Wildman–Crippen LogP) is 2.19. The minimum atomic E-state index is 0.154. The van der Waals surface area contributed by atoms with Crippen molar-refractivity contribution in [2.45, 2.75) is 38.0 Å². The molecule has 2 aromatic heterocycles. The van der Waals surface area contributed by atoms with Crippen molar-refractivity contribution in [3.05, 3.63) is 22.5 Å². The second-order valence-corrected chi connectivity index (χ2v) is 8.01. The number of anilines is 2. The Morgan fingerprint density at radius 3 is 2.87 bits per heavy atom. The van der Waals surface area contributed by atoms with Crippen LogP contribution in [0.5, 0.6) is 0 Å². The zero-order valence-corrected chi connectivity index (χ0v) is 14.7. The van der Waals surface area contributed by atoms with Crippen molar-refractivity contribution < 1.29 is 0 Å². The summed E-state index contributed by atoms with van der Waals surface area (Å²) in [6.07, 6.45) is 6.67. The molecule has 0 bridgehead atoms. The van der Waals surface area contributed by atoms with E-state index in [9.17, 15) is 0 Å². The molecular formula is C16H22N6S. The van der Waals surface area contributed by atoms with E-state index < -0.39 is 0 Å². The first-order valence-electron chi connectivity index (χ1n) is 8.16. The van der Waals surface area contributed by atoms with E-state index in [4.69, 9.17) is 4.98 Å². The first-order chi connectivity index (χ1) is 11.1. The van der Waals surface area contributed by atoms with Gasteiger partial charge in [0.25, 0.3) is 0 Å². The third-order valence-corrected chi connectivity index (χ3v) is 5.89. The summed E-state index contributed by atoms with van der Waals surface area (Å²) in [5.41, 5.74) is 2.74. The minimum Gasteiger partial charge on any atom is -0.347 e. The zero-order valence-electron chi connectivity index (χ0n) is 13.9. The van der Waals surface area contributed by atoms with Gasteiger partial charge >= 0.3 is 0 Å². The number of aryl methyl sites for hydroxylation is 2. The van der Waals surface area contributed by atoms with E-state index in [0.29, 0.717) is 0 Å². The van der Waals surface area contributed by atoms with Gasteiger partial charge in [-0.15, -0.1) is 10.2 Å². The van der Waals surface area contributed by atoms with Crippen LogP contribution in [-0.4, -0.2) is 47.4 Å². The maximum atomic E-state index is 4.92. The van der Waals surface area contributed by atoms with Crippen LogP contribution in [0, 0.1) is 6.92 Å². The van der Waals surface area contributed by atoms with Crippen molar-refractivity contribution in [3.63, 3.8) is 0 Å². The lowest BCUT2D eigenvalue weighted by molar-refractivity contribution is 0.334. The van der Waals surface area contributed by atoms with Crippen molar-refractivity contribution in [1.82, 2.24) is 20.2 Å². The van der Waals surface area contributed by atoms with Crippen molar-refractivity contribution in [1.29, 1.82) is 0 Å². The highest BCUT2D eigenvalue weighted by atomic mass is 32.1. The van der Waals surface area contributed by atoms with E-state index in [-0.39, 0.29) is 5.41 Å². The Balaban J connectivity index is 1.68. The lowest BCUT2D eigenvalue weighted by Gasteiger charge is -2.40. The smallest absolute Gasteiger partial charge is 0.225 e. The number of hydrogen-bond acceptors (Lipinski definition) is 7. The summed E-state index contributed by atoms with van der Waals surface area (Å²) in [5, 5.41) is 10.6. The van der Waals surface area contributed by atoms with E-state index in [1.807, 2.05) is 32.1 Å². The molecular weight excluding hydrogens is 308 g/mol. The molecule has 1 fully saturated rings. The average molecular weight is 330 g/mol. The summed E-state index contributed by atoms with van der Waals surface area (Å²) in [5.74, 6) is 0.814. The van der Waals surface area contributed by atoms with Crippen LogP contribution in [0.25, 0.3) is 0 Å². The molecule has 1 aliphatic carbocycles. The van der Waals surface area contributed by atoms with Crippen molar-refractivity contribution in [2.24, 2.45) is 0 Å².